The average molecular weight is 359 g/mol. The number of fused-ring (bicyclic) bond motifs is 5. The number of aliphatic hydroxyl groups is 2. The molecule has 0 spiro atoms. The van der Waals surface area contributed by atoms with Crippen LogP contribution in [0, 0.1) is 28.6 Å². The van der Waals surface area contributed by atoms with Crippen LogP contribution in [0.15, 0.2) is 23.8 Å². The average Bonchev–Trinajstić information content (AvgIpc) is 2.86. The summed E-state index contributed by atoms with van der Waals surface area (Å²) in [5.41, 5.74) is 4.29. The third-order valence-electron chi connectivity index (χ3n) is 8.29. The molecule has 4 rings (SSSR count). The summed E-state index contributed by atoms with van der Waals surface area (Å²) in [5, 5.41) is 22.4. The van der Waals surface area contributed by atoms with Crippen LogP contribution in [0.3, 0.4) is 0 Å². The highest BCUT2D eigenvalue weighted by molar-refractivity contribution is 6.01. The van der Waals surface area contributed by atoms with Gasteiger partial charge in [-0.15, -0.1) is 0 Å². The smallest absolute Gasteiger partial charge is 0.178 e. The minimum absolute atomic E-state index is 0.0141. The molecule has 0 aromatic heterocycles. The molecule has 142 valence electrons. The van der Waals surface area contributed by atoms with Crippen LogP contribution >= 0.6 is 0 Å². The van der Waals surface area contributed by atoms with Gasteiger partial charge in [0.05, 0.1) is 12.6 Å². The van der Waals surface area contributed by atoms with Crippen molar-refractivity contribution in [2.24, 2.45) is 34.3 Å². The number of carbonyl (C=O) groups is 2. The van der Waals surface area contributed by atoms with Gasteiger partial charge in [-0.25, -0.2) is 0 Å². The van der Waals surface area contributed by atoms with E-state index in [1.165, 1.54) is 0 Å². The Morgan fingerprint density at radius 1 is 1.35 bits per heavy atom. The molecule has 5 heteroatoms. The van der Waals surface area contributed by atoms with Crippen LogP contribution in [0.25, 0.3) is 0 Å². The molecule has 0 aliphatic heterocycles. The lowest BCUT2D eigenvalue weighted by molar-refractivity contribution is -0.175. The predicted molar refractivity (Wildman–Crippen MR) is 97.0 cm³/mol. The molecular formula is C21H29NO4. The van der Waals surface area contributed by atoms with Gasteiger partial charge >= 0.3 is 0 Å². The van der Waals surface area contributed by atoms with Gasteiger partial charge in [0, 0.05) is 16.7 Å². The molecule has 0 bridgehead atoms. The van der Waals surface area contributed by atoms with Crippen LogP contribution in [0.4, 0.5) is 0 Å². The molecule has 4 N–H and O–H groups in total. The van der Waals surface area contributed by atoms with E-state index in [0.717, 1.165) is 24.8 Å². The van der Waals surface area contributed by atoms with Gasteiger partial charge in [-0.05, 0) is 56.1 Å². The maximum Gasteiger partial charge on any atom is 0.178 e. The minimum atomic E-state index is -1.44. The third-order valence-corrected chi connectivity index (χ3v) is 8.29. The van der Waals surface area contributed by atoms with E-state index in [1.807, 2.05) is 13.0 Å². The third kappa shape index (κ3) is 2.08. The zero-order chi connectivity index (χ0) is 18.9. The van der Waals surface area contributed by atoms with Crippen molar-refractivity contribution >= 4 is 11.6 Å². The molecule has 0 saturated heterocycles. The summed E-state index contributed by atoms with van der Waals surface area (Å²) in [6.45, 7) is 3.92. The summed E-state index contributed by atoms with van der Waals surface area (Å²) in [6.07, 6.45) is 8.02. The first kappa shape index (κ1) is 18.1. The lowest BCUT2D eigenvalue weighted by Gasteiger charge is -2.59. The van der Waals surface area contributed by atoms with Gasteiger partial charge in [-0.1, -0.05) is 25.5 Å². The van der Waals surface area contributed by atoms with E-state index in [-0.39, 0.29) is 41.3 Å². The number of ketones is 2. The van der Waals surface area contributed by atoms with Gasteiger partial charge < -0.3 is 15.9 Å². The topological polar surface area (TPSA) is 101 Å². The Bertz CT molecular complexity index is 728. The number of hydrogen-bond acceptors (Lipinski definition) is 5. The van der Waals surface area contributed by atoms with Gasteiger partial charge in [-0.2, -0.15) is 0 Å². The molecule has 26 heavy (non-hydrogen) atoms. The first-order valence-corrected chi connectivity index (χ1v) is 9.75. The second-order valence-electron chi connectivity index (χ2n) is 9.24. The van der Waals surface area contributed by atoms with E-state index >= 15 is 0 Å². The molecule has 3 fully saturated rings. The van der Waals surface area contributed by atoms with Crippen molar-refractivity contribution in [1.82, 2.24) is 0 Å². The molecule has 0 amide bonds. The highest BCUT2D eigenvalue weighted by Gasteiger charge is 2.67. The fourth-order valence-corrected chi connectivity index (χ4v) is 6.96. The first-order chi connectivity index (χ1) is 12.2. The second-order valence-corrected chi connectivity index (χ2v) is 9.24. The Morgan fingerprint density at radius 2 is 2.08 bits per heavy atom. The standard InChI is InChI=1S/C21H29NO4/c1-19-7-5-13(23)9-12(19)3-4-14-15-6-8-21(26,17(25)11-22)20(15,2)10-16(24)18(14)19/h5,7,9,14-16,18,24,26H,3-4,6,8,10-11,22H2,1-2H3/t14-,15-,16+,18+,19+,20-,21-/m1/s1. The number of rotatable bonds is 2. The van der Waals surface area contributed by atoms with E-state index in [4.69, 9.17) is 5.73 Å². The quantitative estimate of drug-likeness (QED) is 0.694. The van der Waals surface area contributed by atoms with E-state index < -0.39 is 17.1 Å². The zero-order valence-corrected chi connectivity index (χ0v) is 15.6. The SMILES string of the molecule is C[C@]12C=CC(=O)C=C1CC[C@H]1[C@H]2[C@@H](O)C[C@]2(C)[C@@H]1CC[C@@]2(O)C(=O)CN. The normalized spacial score (nSPS) is 49.9. The highest BCUT2D eigenvalue weighted by atomic mass is 16.3. The summed E-state index contributed by atoms with van der Waals surface area (Å²) in [7, 11) is 0. The molecule has 0 radical (unpaired) electrons. The Balaban J connectivity index is 1.75. The summed E-state index contributed by atoms with van der Waals surface area (Å²) in [6, 6.07) is 0. The Kier molecular flexibility index (Phi) is 3.89. The van der Waals surface area contributed by atoms with Gasteiger partial charge in [0.1, 0.15) is 5.60 Å². The van der Waals surface area contributed by atoms with E-state index in [9.17, 15) is 19.8 Å². The van der Waals surface area contributed by atoms with Crippen LogP contribution in [-0.2, 0) is 9.59 Å². The van der Waals surface area contributed by atoms with Crippen molar-refractivity contribution in [3.8, 4) is 0 Å². The minimum Gasteiger partial charge on any atom is -0.393 e. The van der Waals surface area contributed by atoms with Gasteiger partial charge in [-0.3, -0.25) is 9.59 Å². The lowest BCUT2D eigenvalue weighted by atomic mass is 9.46. The number of hydrogen-bond donors (Lipinski definition) is 3. The van der Waals surface area contributed by atoms with Crippen molar-refractivity contribution in [2.75, 3.05) is 6.54 Å². The Hall–Kier alpha value is -1.30. The predicted octanol–water partition coefficient (Wildman–Crippen LogP) is 1.52. The first-order valence-electron chi connectivity index (χ1n) is 9.75. The lowest BCUT2D eigenvalue weighted by Crippen LogP contribution is -2.62. The molecule has 7 atom stereocenters. The van der Waals surface area contributed by atoms with Crippen molar-refractivity contribution < 1.29 is 19.8 Å². The summed E-state index contributed by atoms with van der Waals surface area (Å²) >= 11 is 0. The van der Waals surface area contributed by atoms with Crippen LogP contribution in [0.2, 0.25) is 0 Å². The highest BCUT2D eigenvalue weighted by Crippen LogP contribution is 2.66. The molecule has 3 saturated carbocycles. The molecule has 0 aromatic rings. The number of carbonyl (C=O) groups excluding carboxylic acids is 2. The van der Waals surface area contributed by atoms with Crippen LogP contribution < -0.4 is 5.73 Å². The van der Waals surface area contributed by atoms with E-state index in [0.29, 0.717) is 12.8 Å². The molecular weight excluding hydrogens is 330 g/mol. The number of nitrogens with two attached hydrogens (primary N) is 1. The molecule has 0 heterocycles. The van der Waals surface area contributed by atoms with Crippen LogP contribution in [0.1, 0.15) is 46.0 Å². The Morgan fingerprint density at radius 3 is 2.77 bits per heavy atom. The number of aliphatic hydroxyl groups excluding tert-OH is 1. The number of allylic oxidation sites excluding steroid dienone is 4. The van der Waals surface area contributed by atoms with Gasteiger partial charge in [0.25, 0.3) is 0 Å². The summed E-state index contributed by atoms with van der Waals surface area (Å²) in [4.78, 5) is 24.3. The largest absolute Gasteiger partial charge is 0.393 e. The molecule has 5 nitrogen and oxygen atoms in total. The molecule has 0 aromatic carbocycles. The molecule has 4 aliphatic rings. The van der Waals surface area contributed by atoms with E-state index in [1.54, 1.807) is 12.2 Å². The van der Waals surface area contributed by atoms with Crippen molar-refractivity contribution in [3.05, 3.63) is 23.8 Å². The zero-order valence-electron chi connectivity index (χ0n) is 15.6. The van der Waals surface area contributed by atoms with Gasteiger partial charge in [0.2, 0.25) is 0 Å². The van der Waals surface area contributed by atoms with Crippen molar-refractivity contribution in [1.29, 1.82) is 0 Å². The number of Topliss-reactive ketones (excluding diaryl/α,β-unsaturated/α-hetero) is 1. The van der Waals surface area contributed by atoms with Crippen LogP contribution in [0.5, 0.6) is 0 Å². The van der Waals surface area contributed by atoms with Crippen molar-refractivity contribution in [3.63, 3.8) is 0 Å². The fraction of sp³-hybridized carbons (Fsp3) is 0.714. The fourth-order valence-electron chi connectivity index (χ4n) is 6.96. The molecule has 0 unspecified atom stereocenters. The second kappa shape index (κ2) is 5.60. The summed E-state index contributed by atoms with van der Waals surface area (Å²) in [5.74, 6) is 0.137. The van der Waals surface area contributed by atoms with Gasteiger partial charge in [0.15, 0.2) is 11.6 Å². The van der Waals surface area contributed by atoms with Crippen molar-refractivity contribution in [2.45, 2.75) is 57.7 Å². The molecule has 4 aliphatic carbocycles. The Labute approximate surface area is 154 Å². The maximum atomic E-state index is 12.5. The van der Waals surface area contributed by atoms with E-state index in [2.05, 4.69) is 6.92 Å². The van der Waals surface area contributed by atoms with Crippen LogP contribution in [-0.4, -0.2) is 40.0 Å². The monoisotopic (exact) mass is 359 g/mol. The summed E-state index contributed by atoms with van der Waals surface area (Å²) < 4.78 is 0. The maximum absolute atomic E-state index is 12.5.